The summed E-state index contributed by atoms with van der Waals surface area (Å²) in [4.78, 5) is 2.45. The van der Waals surface area contributed by atoms with Crippen molar-refractivity contribution >= 4 is 31.9 Å². The number of furan rings is 1. The SMILES string of the molecule is CC(C)C1CCN(C(CN)c2cc(Br)c(Br)o2)CC1. The number of rotatable bonds is 4. The minimum absolute atomic E-state index is 0.190. The maximum Gasteiger partial charge on any atom is 0.183 e. The molecule has 3 nitrogen and oxygen atoms in total. The predicted octanol–water partition coefficient (Wildman–Crippen LogP) is 4.17. The molecule has 1 fully saturated rings. The fraction of sp³-hybridized carbons (Fsp3) is 0.714. The van der Waals surface area contributed by atoms with Gasteiger partial charge in [0.2, 0.25) is 0 Å². The van der Waals surface area contributed by atoms with Gasteiger partial charge >= 0.3 is 0 Å². The quantitative estimate of drug-likeness (QED) is 0.834. The second kappa shape index (κ2) is 6.74. The Balaban J connectivity index is 2.03. The third-order valence-corrected chi connectivity index (χ3v) is 5.88. The summed E-state index contributed by atoms with van der Waals surface area (Å²) < 4.78 is 7.45. The van der Waals surface area contributed by atoms with E-state index >= 15 is 0 Å². The van der Waals surface area contributed by atoms with Gasteiger partial charge < -0.3 is 10.2 Å². The first-order valence-corrected chi connectivity index (χ1v) is 8.50. The first kappa shape index (κ1) is 15.5. The van der Waals surface area contributed by atoms with E-state index in [2.05, 4.69) is 50.6 Å². The van der Waals surface area contributed by atoms with Crippen molar-refractivity contribution in [1.29, 1.82) is 0 Å². The minimum atomic E-state index is 0.190. The van der Waals surface area contributed by atoms with Crippen molar-refractivity contribution in [3.63, 3.8) is 0 Å². The Morgan fingerprint density at radius 1 is 1.37 bits per heavy atom. The van der Waals surface area contributed by atoms with E-state index in [4.69, 9.17) is 10.2 Å². The van der Waals surface area contributed by atoms with E-state index in [1.165, 1.54) is 12.8 Å². The van der Waals surface area contributed by atoms with Crippen LogP contribution in [0, 0.1) is 11.8 Å². The Morgan fingerprint density at radius 3 is 2.42 bits per heavy atom. The molecule has 0 saturated carbocycles. The van der Waals surface area contributed by atoms with E-state index in [0.717, 1.165) is 39.8 Å². The van der Waals surface area contributed by atoms with Gasteiger partial charge in [0.25, 0.3) is 0 Å². The molecule has 1 aromatic heterocycles. The van der Waals surface area contributed by atoms with E-state index in [1.54, 1.807) is 0 Å². The van der Waals surface area contributed by atoms with Crippen LogP contribution in [0.15, 0.2) is 19.6 Å². The highest BCUT2D eigenvalue weighted by Gasteiger charge is 2.28. The number of nitrogens with two attached hydrogens (primary N) is 1. The number of hydrogen-bond acceptors (Lipinski definition) is 3. The molecule has 1 unspecified atom stereocenters. The van der Waals surface area contributed by atoms with Gasteiger partial charge in [-0.15, -0.1) is 0 Å². The zero-order chi connectivity index (χ0) is 14.0. The molecule has 0 spiro atoms. The summed E-state index contributed by atoms with van der Waals surface area (Å²) in [6.07, 6.45) is 2.52. The summed E-state index contributed by atoms with van der Waals surface area (Å²) in [5, 5.41) is 0. The number of likely N-dealkylation sites (tertiary alicyclic amines) is 1. The van der Waals surface area contributed by atoms with Gasteiger partial charge in [-0.3, -0.25) is 4.90 Å². The standard InChI is InChI=1S/C14H22Br2N2O/c1-9(2)10-3-5-18(6-4-10)12(8-17)13-7-11(15)14(16)19-13/h7,9-10,12H,3-6,8,17H2,1-2H3. The highest BCUT2D eigenvalue weighted by Crippen LogP contribution is 2.34. The fourth-order valence-corrected chi connectivity index (χ4v) is 3.48. The van der Waals surface area contributed by atoms with Crippen molar-refractivity contribution in [1.82, 2.24) is 4.90 Å². The van der Waals surface area contributed by atoms with Crippen molar-refractivity contribution in [2.24, 2.45) is 17.6 Å². The molecule has 1 saturated heterocycles. The predicted molar refractivity (Wildman–Crippen MR) is 85.0 cm³/mol. The lowest BCUT2D eigenvalue weighted by Gasteiger charge is -2.37. The van der Waals surface area contributed by atoms with Gasteiger partial charge in [-0.2, -0.15) is 0 Å². The molecule has 5 heteroatoms. The van der Waals surface area contributed by atoms with Gasteiger partial charge in [-0.05, 0) is 75.7 Å². The third-order valence-electron chi connectivity index (χ3n) is 4.17. The molecule has 19 heavy (non-hydrogen) atoms. The summed E-state index contributed by atoms with van der Waals surface area (Å²) in [6.45, 7) is 7.46. The summed E-state index contributed by atoms with van der Waals surface area (Å²) in [5.74, 6) is 2.58. The molecule has 2 rings (SSSR count). The molecule has 0 aliphatic carbocycles. The van der Waals surface area contributed by atoms with Crippen molar-refractivity contribution < 1.29 is 4.42 Å². The van der Waals surface area contributed by atoms with Gasteiger partial charge in [0.1, 0.15) is 5.76 Å². The molecule has 1 atom stereocenters. The van der Waals surface area contributed by atoms with Crippen molar-refractivity contribution in [3.8, 4) is 0 Å². The summed E-state index contributed by atoms with van der Waals surface area (Å²) in [6, 6.07) is 2.21. The highest BCUT2D eigenvalue weighted by atomic mass is 79.9. The van der Waals surface area contributed by atoms with Crippen LogP contribution < -0.4 is 5.73 Å². The lowest BCUT2D eigenvalue weighted by molar-refractivity contribution is 0.106. The minimum Gasteiger partial charge on any atom is -0.451 e. The Bertz CT molecular complexity index is 392. The molecule has 1 aliphatic rings. The zero-order valence-electron chi connectivity index (χ0n) is 11.5. The van der Waals surface area contributed by atoms with Crippen molar-refractivity contribution in [2.45, 2.75) is 32.7 Å². The lowest BCUT2D eigenvalue weighted by atomic mass is 9.86. The molecule has 0 bridgehead atoms. The molecule has 0 radical (unpaired) electrons. The normalized spacial score (nSPS) is 20.1. The van der Waals surface area contributed by atoms with Crippen LogP contribution in [-0.4, -0.2) is 24.5 Å². The molecule has 108 valence electrons. The lowest BCUT2D eigenvalue weighted by Crippen LogP contribution is -2.40. The van der Waals surface area contributed by atoms with Crippen LogP contribution in [0.5, 0.6) is 0 Å². The average Bonchev–Trinajstić information content (AvgIpc) is 2.71. The van der Waals surface area contributed by atoms with Crippen LogP contribution in [0.2, 0.25) is 0 Å². The maximum absolute atomic E-state index is 5.96. The van der Waals surface area contributed by atoms with Crippen molar-refractivity contribution in [2.75, 3.05) is 19.6 Å². The monoisotopic (exact) mass is 392 g/mol. The van der Waals surface area contributed by atoms with E-state index in [9.17, 15) is 0 Å². The average molecular weight is 394 g/mol. The van der Waals surface area contributed by atoms with Crippen LogP contribution in [0.25, 0.3) is 0 Å². The molecule has 1 aliphatic heterocycles. The molecule has 1 aromatic rings. The first-order valence-electron chi connectivity index (χ1n) is 6.91. The van der Waals surface area contributed by atoms with Crippen LogP contribution in [0.3, 0.4) is 0 Å². The molecule has 0 amide bonds. The number of halogens is 2. The van der Waals surface area contributed by atoms with Crippen LogP contribution in [0.1, 0.15) is 38.5 Å². The van der Waals surface area contributed by atoms with Crippen LogP contribution in [-0.2, 0) is 0 Å². The maximum atomic E-state index is 5.96. The van der Waals surface area contributed by atoms with Gasteiger partial charge in [0.05, 0.1) is 10.5 Å². The van der Waals surface area contributed by atoms with Gasteiger partial charge in [0.15, 0.2) is 4.67 Å². The Labute approximate surface area is 132 Å². The number of piperidine rings is 1. The Morgan fingerprint density at radius 2 is 2.00 bits per heavy atom. The zero-order valence-corrected chi connectivity index (χ0v) is 14.7. The van der Waals surface area contributed by atoms with Gasteiger partial charge in [-0.1, -0.05) is 13.8 Å². The summed E-state index contributed by atoms with van der Waals surface area (Å²) in [7, 11) is 0. The smallest absolute Gasteiger partial charge is 0.183 e. The van der Waals surface area contributed by atoms with Gasteiger partial charge in [-0.25, -0.2) is 0 Å². The summed E-state index contributed by atoms with van der Waals surface area (Å²) in [5.41, 5.74) is 5.96. The van der Waals surface area contributed by atoms with E-state index < -0.39 is 0 Å². The number of nitrogens with zero attached hydrogens (tertiary/aromatic N) is 1. The van der Waals surface area contributed by atoms with Crippen LogP contribution >= 0.6 is 31.9 Å². The Kier molecular flexibility index (Phi) is 5.52. The van der Waals surface area contributed by atoms with Crippen molar-refractivity contribution in [3.05, 3.63) is 21.0 Å². The molecule has 0 aromatic carbocycles. The first-order chi connectivity index (χ1) is 9.02. The van der Waals surface area contributed by atoms with Crippen LogP contribution in [0.4, 0.5) is 0 Å². The summed E-state index contributed by atoms with van der Waals surface area (Å²) >= 11 is 6.86. The largest absolute Gasteiger partial charge is 0.451 e. The van der Waals surface area contributed by atoms with E-state index in [0.29, 0.717) is 6.54 Å². The topological polar surface area (TPSA) is 42.4 Å². The number of hydrogen-bond donors (Lipinski definition) is 1. The third kappa shape index (κ3) is 3.63. The highest BCUT2D eigenvalue weighted by molar-refractivity contribution is 9.13. The van der Waals surface area contributed by atoms with E-state index in [1.807, 2.05) is 6.07 Å². The second-order valence-electron chi connectivity index (χ2n) is 5.64. The van der Waals surface area contributed by atoms with E-state index in [-0.39, 0.29) is 6.04 Å². The molecular weight excluding hydrogens is 372 g/mol. The second-order valence-corrected chi connectivity index (χ2v) is 7.21. The fourth-order valence-electron chi connectivity index (χ4n) is 2.87. The molecule has 2 N–H and O–H groups in total. The Hall–Kier alpha value is 0.160. The molecular formula is C14H22Br2N2O. The molecule has 2 heterocycles. The van der Waals surface area contributed by atoms with Gasteiger partial charge in [0, 0.05) is 6.54 Å².